The molecule has 16 heteroatoms. The summed E-state index contributed by atoms with van der Waals surface area (Å²) in [5.41, 5.74) is 4.58. The van der Waals surface area contributed by atoms with Crippen molar-refractivity contribution in [3.8, 4) is 5.00 Å². The summed E-state index contributed by atoms with van der Waals surface area (Å²) in [4.78, 5) is 70.5. The average molecular weight is 785 g/mol. The highest BCUT2D eigenvalue weighted by Gasteiger charge is 2.44. The Bertz CT molecular complexity index is 2230. The SMILES string of the molecule is Cc1sc2c(c1C)C(c1ccc(Cl)cc1)=NC(CC(=O)NCCCCCCNC(=O)c1ccc3c(c1)C(O)N(C1CCC(=O)NC1=O)C3=O)c1nnc(C)n1-2. The van der Waals surface area contributed by atoms with Gasteiger partial charge in [-0.3, -0.25) is 43.7 Å². The molecule has 5 amide bonds. The number of rotatable bonds is 12. The van der Waals surface area contributed by atoms with Crippen molar-refractivity contribution in [1.82, 2.24) is 35.6 Å². The number of piperidine rings is 1. The molecule has 1 fully saturated rings. The summed E-state index contributed by atoms with van der Waals surface area (Å²) in [6.07, 6.45) is 2.03. The largest absolute Gasteiger partial charge is 0.369 e. The zero-order valence-electron chi connectivity index (χ0n) is 30.6. The molecule has 2 aromatic carbocycles. The smallest absolute Gasteiger partial charge is 0.257 e. The number of aryl methyl sites for hydroxylation is 2. The molecule has 0 aliphatic carbocycles. The van der Waals surface area contributed by atoms with Gasteiger partial charge in [0.05, 0.1) is 12.1 Å². The molecule has 55 heavy (non-hydrogen) atoms. The Morgan fingerprint density at radius 2 is 1.71 bits per heavy atom. The zero-order valence-corrected chi connectivity index (χ0v) is 32.2. The summed E-state index contributed by atoms with van der Waals surface area (Å²) in [6, 6.07) is 10.5. The number of carbonyl (C=O) groups is 5. The highest BCUT2D eigenvalue weighted by Crippen LogP contribution is 2.40. The van der Waals surface area contributed by atoms with Crippen LogP contribution >= 0.6 is 22.9 Å². The van der Waals surface area contributed by atoms with Gasteiger partial charge in [-0.15, -0.1) is 21.5 Å². The Morgan fingerprint density at radius 1 is 0.982 bits per heavy atom. The Labute approximate surface area is 326 Å². The third-order valence-electron chi connectivity index (χ3n) is 10.3. The van der Waals surface area contributed by atoms with E-state index in [0.717, 1.165) is 63.8 Å². The summed E-state index contributed by atoms with van der Waals surface area (Å²) in [5.74, 6) is -0.702. The van der Waals surface area contributed by atoms with Crippen LogP contribution in [0, 0.1) is 20.8 Å². The van der Waals surface area contributed by atoms with Crippen LogP contribution in [0.3, 0.4) is 0 Å². The van der Waals surface area contributed by atoms with Crippen molar-refractivity contribution in [3.63, 3.8) is 0 Å². The molecule has 0 bridgehead atoms. The van der Waals surface area contributed by atoms with Crippen LogP contribution in [0.25, 0.3) is 5.00 Å². The van der Waals surface area contributed by atoms with Gasteiger partial charge in [-0.1, -0.05) is 36.6 Å². The second kappa shape index (κ2) is 15.8. The monoisotopic (exact) mass is 784 g/mol. The molecule has 3 atom stereocenters. The first kappa shape index (κ1) is 38.0. The van der Waals surface area contributed by atoms with Gasteiger partial charge in [0.2, 0.25) is 17.7 Å². The number of aliphatic imine (C=N–C) groups is 1. The molecule has 2 aromatic heterocycles. The summed E-state index contributed by atoms with van der Waals surface area (Å²) < 4.78 is 2.02. The minimum atomic E-state index is -1.40. The van der Waals surface area contributed by atoms with E-state index in [9.17, 15) is 29.1 Å². The Hall–Kier alpha value is -5.25. The Kier molecular flexibility index (Phi) is 11.0. The van der Waals surface area contributed by atoms with Gasteiger partial charge in [0, 0.05) is 57.2 Å². The number of hydrogen-bond acceptors (Lipinski definition) is 10. The summed E-state index contributed by atoms with van der Waals surface area (Å²) in [6.45, 7) is 6.99. The number of halogens is 1. The van der Waals surface area contributed by atoms with Gasteiger partial charge in [-0.2, -0.15) is 0 Å². The van der Waals surface area contributed by atoms with Gasteiger partial charge in [-0.25, -0.2) is 0 Å². The minimum Gasteiger partial charge on any atom is -0.369 e. The molecule has 3 unspecified atom stereocenters. The number of amides is 5. The number of nitrogens with zero attached hydrogens (tertiary/aromatic N) is 5. The zero-order chi connectivity index (χ0) is 39.0. The molecule has 0 saturated carbocycles. The van der Waals surface area contributed by atoms with E-state index < -0.39 is 36.0 Å². The van der Waals surface area contributed by atoms with Crippen molar-refractivity contribution >= 4 is 58.2 Å². The summed E-state index contributed by atoms with van der Waals surface area (Å²) in [7, 11) is 0. The number of carbonyl (C=O) groups excluding carboxylic acids is 5. The average Bonchev–Trinajstić information content (AvgIpc) is 3.73. The van der Waals surface area contributed by atoms with Gasteiger partial charge < -0.3 is 15.7 Å². The number of thiophene rings is 1. The lowest BCUT2D eigenvalue weighted by Gasteiger charge is -2.31. The highest BCUT2D eigenvalue weighted by molar-refractivity contribution is 7.15. The predicted octanol–water partition coefficient (Wildman–Crippen LogP) is 4.55. The number of aliphatic hydroxyl groups excluding tert-OH is 1. The third-order valence-corrected chi connectivity index (χ3v) is 11.8. The minimum absolute atomic E-state index is 0.0662. The third kappa shape index (κ3) is 7.56. The van der Waals surface area contributed by atoms with Crippen LogP contribution in [-0.2, 0) is 14.4 Å². The molecular weight excluding hydrogens is 744 g/mol. The number of nitrogens with one attached hydrogen (secondary N) is 3. The summed E-state index contributed by atoms with van der Waals surface area (Å²) in [5, 5.41) is 29.5. The maximum absolute atomic E-state index is 13.3. The first-order chi connectivity index (χ1) is 26.4. The number of imide groups is 1. The molecule has 4 aromatic rings. The number of benzene rings is 2. The van der Waals surface area contributed by atoms with Crippen molar-refractivity contribution in [1.29, 1.82) is 0 Å². The first-order valence-corrected chi connectivity index (χ1v) is 19.5. The maximum Gasteiger partial charge on any atom is 0.257 e. The second-order valence-electron chi connectivity index (χ2n) is 14.0. The molecule has 3 aliphatic heterocycles. The predicted molar refractivity (Wildman–Crippen MR) is 205 cm³/mol. The highest BCUT2D eigenvalue weighted by atomic mass is 35.5. The molecule has 4 N–H and O–H groups in total. The second-order valence-corrected chi connectivity index (χ2v) is 15.6. The number of unbranched alkanes of at least 4 members (excludes halogenated alkanes) is 3. The van der Waals surface area contributed by atoms with Crippen LogP contribution in [-0.4, -0.2) is 79.1 Å². The van der Waals surface area contributed by atoms with Crippen molar-refractivity contribution in [3.05, 3.63) is 97.4 Å². The quantitative estimate of drug-likeness (QED) is 0.119. The molecule has 1 saturated heterocycles. The molecular formula is C39H41ClN8O6S. The van der Waals surface area contributed by atoms with Crippen molar-refractivity contribution in [2.24, 2.45) is 4.99 Å². The van der Waals surface area contributed by atoms with Gasteiger partial charge in [0.25, 0.3) is 11.8 Å². The van der Waals surface area contributed by atoms with Crippen LogP contribution in [0.1, 0.15) is 117 Å². The molecule has 0 spiro atoms. The van der Waals surface area contributed by atoms with Gasteiger partial charge in [0.15, 0.2) is 12.1 Å². The number of aromatic nitrogens is 3. The van der Waals surface area contributed by atoms with Crippen LogP contribution in [0.2, 0.25) is 5.02 Å². The molecule has 14 nitrogen and oxygen atoms in total. The van der Waals surface area contributed by atoms with Gasteiger partial charge >= 0.3 is 0 Å². The molecule has 7 rings (SSSR count). The van der Waals surface area contributed by atoms with Gasteiger partial charge in [0.1, 0.15) is 22.9 Å². The van der Waals surface area contributed by atoms with Crippen LogP contribution < -0.4 is 16.0 Å². The fraction of sp³-hybridized carbons (Fsp3) is 0.385. The lowest BCUT2D eigenvalue weighted by molar-refractivity contribution is -0.139. The first-order valence-electron chi connectivity index (χ1n) is 18.3. The van der Waals surface area contributed by atoms with Crippen molar-refractivity contribution < 1.29 is 29.1 Å². The number of hydrogen-bond donors (Lipinski definition) is 4. The topological polar surface area (TPSA) is 188 Å². The van der Waals surface area contributed by atoms with Crippen molar-refractivity contribution in [2.75, 3.05) is 13.1 Å². The van der Waals surface area contributed by atoms with E-state index in [0.29, 0.717) is 23.9 Å². The fourth-order valence-electron chi connectivity index (χ4n) is 7.29. The van der Waals surface area contributed by atoms with E-state index in [1.165, 1.54) is 23.1 Å². The lowest BCUT2D eigenvalue weighted by Crippen LogP contribution is -2.53. The van der Waals surface area contributed by atoms with Gasteiger partial charge in [-0.05, 0) is 75.9 Å². The van der Waals surface area contributed by atoms with Crippen molar-refractivity contribution in [2.45, 2.75) is 84.0 Å². The Balaban J connectivity index is 0.884. The molecule has 0 radical (unpaired) electrons. The van der Waals surface area contributed by atoms with E-state index in [1.807, 2.05) is 35.8 Å². The lowest BCUT2D eigenvalue weighted by atomic mass is 9.99. The maximum atomic E-state index is 13.3. The molecule has 286 valence electrons. The fourth-order valence-corrected chi connectivity index (χ4v) is 8.63. The van der Waals surface area contributed by atoms with E-state index >= 15 is 0 Å². The normalized spacial score (nSPS) is 18.9. The molecule has 3 aliphatic rings. The van der Waals surface area contributed by atoms with Crippen LogP contribution in [0.15, 0.2) is 47.5 Å². The van der Waals surface area contributed by atoms with E-state index in [2.05, 4.69) is 40.0 Å². The summed E-state index contributed by atoms with van der Waals surface area (Å²) >= 11 is 7.87. The standard InChI is InChI=1S/C39H41ClN8O6S/c1-20-21(2)55-39-32(20)33(23-8-11-25(40)12-9-23)43-28(34-46-45-22(3)47(34)39)19-31(50)41-16-6-4-5-7-17-42-35(51)24-10-13-26-27(18-24)38(54)48(37(26)53)29-14-15-30(49)44-36(29)52/h8-13,18,28-29,38,54H,4-7,14-17,19H2,1-3H3,(H,41,50)(H,42,51)(H,44,49,52). The van der Waals surface area contributed by atoms with E-state index in [-0.39, 0.29) is 47.8 Å². The van der Waals surface area contributed by atoms with Crippen LogP contribution in [0.4, 0.5) is 0 Å². The van der Waals surface area contributed by atoms with E-state index in [1.54, 1.807) is 11.3 Å². The Morgan fingerprint density at radius 3 is 2.44 bits per heavy atom. The number of fused-ring (bicyclic) bond motifs is 4. The molecule has 5 heterocycles. The van der Waals surface area contributed by atoms with E-state index in [4.69, 9.17) is 16.6 Å². The van der Waals surface area contributed by atoms with Crippen LogP contribution in [0.5, 0.6) is 0 Å². The number of aliphatic hydroxyl groups is 1.